The summed E-state index contributed by atoms with van der Waals surface area (Å²) in [5.74, 6) is 0.276. The van der Waals surface area contributed by atoms with E-state index in [9.17, 15) is 13.2 Å². The Labute approximate surface area is 216 Å². The molecule has 2 aliphatic rings. The van der Waals surface area contributed by atoms with Crippen LogP contribution in [0.4, 0.5) is 0 Å². The summed E-state index contributed by atoms with van der Waals surface area (Å²) in [6.07, 6.45) is 4.97. The topological polar surface area (TPSA) is 79.8 Å². The number of hydrogen-bond donors (Lipinski definition) is 0. The third kappa shape index (κ3) is 5.48. The van der Waals surface area contributed by atoms with Gasteiger partial charge in [-0.15, -0.1) is 0 Å². The van der Waals surface area contributed by atoms with Gasteiger partial charge in [0, 0.05) is 44.6 Å². The molecular weight excluding hydrogens is 494 g/mol. The number of benzene rings is 2. The molecule has 0 spiro atoms. The molecule has 0 unspecified atom stereocenters. The standard InChI is InChI=1S/C27H31N3O4S2/c1-2-18-36(32,33)30-16-10-20(11-17-30)22-8-9-24-25(19-22)35-27(28-24)34-23-12-14-29(15-13-23)26(31)21-6-4-3-5-7-21/h3-10,19,23H,2,11-18H2,1H3. The Morgan fingerprint density at radius 1 is 1.11 bits per heavy atom. The van der Waals surface area contributed by atoms with Crippen LogP contribution in [0.25, 0.3) is 15.8 Å². The van der Waals surface area contributed by atoms with E-state index in [2.05, 4.69) is 17.1 Å². The molecule has 0 atom stereocenters. The second-order valence-corrected chi connectivity index (χ2v) is 12.4. The van der Waals surface area contributed by atoms with Crippen LogP contribution in [-0.2, 0) is 10.0 Å². The molecule has 0 N–H and O–H groups in total. The van der Waals surface area contributed by atoms with Crippen LogP contribution in [0.15, 0.2) is 54.6 Å². The first-order valence-corrected chi connectivity index (χ1v) is 14.9. The Morgan fingerprint density at radius 3 is 2.58 bits per heavy atom. The van der Waals surface area contributed by atoms with Crippen molar-refractivity contribution in [3.63, 3.8) is 0 Å². The van der Waals surface area contributed by atoms with Crippen molar-refractivity contribution < 1.29 is 17.9 Å². The lowest BCUT2D eigenvalue weighted by molar-refractivity contribution is 0.0595. The number of nitrogens with zero attached hydrogens (tertiary/aromatic N) is 3. The van der Waals surface area contributed by atoms with Gasteiger partial charge in [-0.2, -0.15) is 4.31 Å². The third-order valence-electron chi connectivity index (χ3n) is 6.78. The van der Waals surface area contributed by atoms with Crippen LogP contribution in [-0.4, -0.2) is 66.5 Å². The summed E-state index contributed by atoms with van der Waals surface area (Å²) in [5.41, 5.74) is 3.91. The van der Waals surface area contributed by atoms with E-state index in [4.69, 9.17) is 4.74 Å². The monoisotopic (exact) mass is 525 g/mol. The second kappa shape index (κ2) is 10.7. The van der Waals surface area contributed by atoms with Gasteiger partial charge in [0.25, 0.3) is 11.1 Å². The van der Waals surface area contributed by atoms with Crippen molar-refractivity contribution >= 4 is 43.1 Å². The van der Waals surface area contributed by atoms with E-state index in [1.807, 2.05) is 54.3 Å². The molecule has 7 nitrogen and oxygen atoms in total. The number of sulfonamides is 1. The summed E-state index contributed by atoms with van der Waals surface area (Å²) >= 11 is 1.54. The van der Waals surface area contributed by atoms with Gasteiger partial charge in [-0.05, 0) is 48.2 Å². The molecule has 1 amide bonds. The molecule has 3 aromatic rings. The first-order valence-electron chi connectivity index (χ1n) is 12.5. The zero-order valence-electron chi connectivity index (χ0n) is 20.4. The normalized spacial score (nSPS) is 17.8. The number of carbonyl (C=O) groups is 1. The van der Waals surface area contributed by atoms with Gasteiger partial charge in [-0.25, -0.2) is 13.4 Å². The largest absolute Gasteiger partial charge is 0.467 e. The lowest BCUT2D eigenvalue weighted by Crippen LogP contribution is -2.41. The molecule has 0 bridgehead atoms. The van der Waals surface area contributed by atoms with E-state index in [-0.39, 0.29) is 17.8 Å². The average molecular weight is 526 g/mol. The number of thiazole rings is 1. The van der Waals surface area contributed by atoms with E-state index in [0.717, 1.165) is 34.2 Å². The van der Waals surface area contributed by atoms with Gasteiger partial charge in [0.1, 0.15) is 6.10 Å². The lowest BCUT2D eigenvalue weighted by atomic mass is 10.0. The number of ether oxygens (including phenoxy) is 1. The summed E-state index contributed by atoms with van der Waals surface area (Å²) in [6, 6.07) is 15.6. The van der Waals surface area contributed by atoms with E-state index < -0.39 is 10.0 Å². The van der Waals surface area contributed by atoms with Crippen molar-refractivity contribution in [2.45, 2.75) is 38.7 Å². The molecule has 9 heteroatoms. The van der Waals surface area contributed by atoms with Gasteiger partial charge in [-0.3, -0.25) is 4.79 Å². The Morgan fingerprint density at radius 2 is 1.89 bits per heavy atom. The number of hydrogen-bond acceptors (Lipinski definition) is 6. The zero-order chi connectivity index (χ0) is 25.1. The van der Waals surface area contributed by atoms with Gasteiger partial charge in [-0.1, -0.05) is 48.6 Å². The van der Waals surface area contributed by atoms with E-state index in [1.165, 1.54) is 16.9 Å². The maximum atomic E-state index is 12.7. The van der Waals surface area contributed by atoms with Gasteiger partial charge >= 0.3 is 0 Å². The first-order chi connectivity index (χ1) is 17.4. The van der Waals surface area contributed by atoms with Crippen molar-refractivity contribution in [2.24, 2.45) is 0 Å². The minimum Gasteiger partial charge on any atom is -0.467 e. The Kier molecular flexibility index (Phi) is 7.41. The summed E-state index contributed by atoms with van der Waals surface area (Å²) in [4.78, 5) is 19.2. The van der Waals surface area contributed by atoms with Gasteiger partial charge < -0.3 is 9.64 Å². The average Bonchev–Trinajstić information content (AvgIpc) is 3.31. The van der Waals surface area contributed by atoms with Gasteiger partial charge in [0.15, 0.2) is 0 Å². The van der Waals surface area contributed by atoms with Crippen molar-refractivity contribution in [1.82, 2.24) is 14.2 Å². The molecule has 1 fully saturated rings. The van der Waals surface area contributed by atoms with Crippen molar-refractivity contribution in [3.8, 4) is 5.19 Å². The highest BCUT2D eigenvalue weighted by Crippen LogP contribution is 2.33. The molecule has 190 valence electrons. The molecule has 0 saturated carbocycles. The molecule has 0 radical (unpaired) electrons. The predicted molar refractivity (Wildman–Crippen MR) is 144 cm³/mol. The molecule has 1 aromatic heterocycles. The van der Waals surface area contributed by atoms with Crippen LogP contribution < -0.4 is 4.74 Å². The minimum atomic E-state index is -3.16. The minimum absolute atomic E-state index is 0.0435. The molecular formula is C27H31N3O4S2. The number of likely N-dealkylation sites (tertiary alicyclic amines) is 1. The summed E-state index contributed by atoms with van der Waals surface area (Å²) in [6.45, 7) is 4.19. The zero-order valence-corrected chi connectivity index (χ0v) is 22.1. The Balaban J connectivity index is 1.20. The number of aromatic nitrogens is 1. The fourth-order valence-corrected chi connectivity index (χ4v) is 7.15. The summed E-state index contributed by atoms with van der Waals surface area (Å²) in [5, 5.41) is 0.657. The SMILES string of the molecule is CCCS(=O)(=O)N1CC=C(c2ccc3nc(OC4CCN(C(=O)c5ccccc5)CC4)sc3c2)CC1. The van der Waals surface area contributed by atoms with Gasteiger partial charge in [0.2, 0.25) is 10.0 Å². The number of piperidine rings is 1. The number of carbonyl (C=O) groups excluding carboxylic acids is 1. The maximum Gasteiger partial charge on any atom is 0.274 e. The molecule has 5 rings (SSSR count). The molecule has 2 aliphatic heterocycles. The van der Waals surface area contributed by atoms with Crippen LogP contribution in [0.1, 0.15) is 48.5 Å². The van der Waals surface area contributed by atoms with E-state index >= 15 is 0 Å². The third-order valence-corrected chi connectivity index (χ3v) is 9.74. The Bertz CT molecular complexity index is 1360. The maximum absolute atomic E-state index is 12.7. The molecule has 36 heavy (non-hydrogen) atoms. The molecule has 2 aromatic carbocycles. The second-order valence-electron chi connectivity index (χ2n) is 9.29. The predicted octanol–water partition coefficient (Wildman–Crippen LogP) is 4.81. The van der Waals surface area contributed by atoms with Crippen molar-refractivity contribution in [1.29, 1.82) is 0 Å². The number of fused-ring (bicyclic) bond motifs is 1. The first kappa shape index (κ1) is 24.9. The van der Waals surface area contributed by atoms with Gasteiger partial charge in [0.05, 0.1) is 16.0 Å². The highest BCUT2D eigenvalue weighted by molar-refractivity contribution is 7.89. The molecule has 3 heterocycles. The lowest BCUT2D eigenvalue weighted by Gasteiger charge is -2.31. The Hall–Kier alpha value is -2.75. The number of amides is 1. The summed E-state index contributed by atoms with van der Waals surface area (Å²) < 4.78 is 33.5. The van der Waals surface area contributed by atoms with E-state index in [1.54, 1.807) is 4.31 Å². The van der Waals surface area contributed by atoms with Crippen molar-refractivity contribution in [2.75, 3.05) is 31.9 Å². The highest BCUT2D eigenvalue weighted by atomic mass is 32.2. The van der Waals surface area contributed by atoms with Crippen LogP contribution in [0.3, 0.4) is 0 Å². The highest BCUT2D eigenvalue weighted by Gasteiger charge is 2.26. The summed E-state index contributed by atoms with van der Waals surface area (Å²) in [7, 11) is -3.16. The quantitative estimate of drug-likeness (QED) is 0.442. The smallest absolute Gasteiger partial charge is 0.274 e. The molecule has 1 saturated heterocycles. The van der Waals surface area contributed by atoms with Crippen LogP contribution in [0.2, 0.25) is 0 Å². The fraction of sp³-hybridized carbons (Fsp3) is 0.407. The van der Waals surface area contributed by atoms with Crippen molar-refractivity contribution in [3.05, 3.63) is 65.7 Å². The van der Waals surface area contributed by atoms with Crippen LogP contribution >= 0.6 is 11.3 Å². The van der Waals surface area contributed by atoms with Crippen LogP contribution in [0, 0.1) is 0 Å². The molecule has 0 aliphatic carbocycles. The van der Waals surface area contributed by atoms with E-state index in [0.29, 0.717) is 44.2 Å². The van der Waals surface area contributed by atoms with Crippen LogP contribution in [0.5, 0.6) is 5.19 Å². The number of rotatable bonds is 7. The fourth-order valence-electron chi connectivity index (χ4n) is 4.79.